The van der Waals surface area contributed by atoms with Gasteiger partial charge in [0, 0.05) is 24.7 Å². The standard InChI is InChI=1S/C17H18F3N3O3/c1-9-12(15(21)23(3)10(2)22-9)7-11-5-6-14(26-17(18,19)20)13(8-11)16(24)25-4/h5-6,8,21-22H,2,7H2,1,3-4H3. The molecule has 1 aliphatic heterocycles. The molecule has 1 aliphatic rings. The fourth-order valence-corrected chi connectivity index (χ4v) is 2.48. The van der Waals surface area contributed by atoms with Gasteiger partial charge >= 0.3 is 12.3 Å². The Morgan fingerprint density at radius 1 is 1.38 bits per heavy atom. The van der Waals surface area contributed by atoms with Crippen molar-refractivity contribution >= 4 is 11.8 Å². The lowest BCUT2D eigenvalue weighted by Crippen LogP contribution is -2.39. The minimum Gasteiger partial charge on any atom is -0.465 e. The number of carbonyl (C=O) groups is 1. The number of hydrogen-bond acceptors (Lipinski definition) is 5. The van der Waals surface area contributed by atoms with Gasteiger partial charge in [-0.1, -0.05) is 12.6 Å². The van der Waals surface area contributed by atoms with Crippen LogP contribution >= 0.6 is 0 Å². The van der Waals surface area contributed by atoms with Crippen molar-refractivity contribution in [3.63, 3.8) is 0 Å². The number of nitrogens with zero attached hydrogens (tertiary/aromatic N) is 1. The minimum absolute atomic E-state index is 0.210. The molecule has 0 fully saturated rings. The van der Waals surface area contributed by atoms with E-state index < -0.39 is 18.1 Å². The molecule has 1 heterocycles. The van der Waals surface area contributed by atoms with E-state index in [1.165, 1.54) is 12.1 Å². The van der Waals surface area contributed by atoms with Gasteiger partial charge in [0.25, 0.3) is 0 Å². The van der Waals surface area contributed by atoms with Gasteiger partial charge in [-0.2, -0.15) is 0 Å². The molecule has 0 amide bonds. The zero-order valence-corrected chi connectivity index (χ0v) is 14.5. The maximum absolute atomic E-state index is 12.5. The van der Waals surface area contributed by atoms with Gasteiger partial charge in [0.15, 0.2) is 0 Å². The van der Waals surface area contributed by atoms with Crippen LogP contribution in [0, 0.1) is 5.41 Å². The molecular formula is C17H18F3N3O3. The Labute approximate surface area is 148 Å². The van der Waals surface area contributed by atoms with Crippen molar-refractivity contribution in [2.75, 3.05) is 14.2 Å². The topological polar surface area (TPSA) is 74.6 Å². The third-order valence-electron chi connectivity index (χ3n) is 3.87. The maximum atomic E-state index is 12.5. The molecule has 2 rings (SSSR count). The highest BCUT2D eigenvalue weighted by atomic mass is 19.4. The van der Waals surface area contributed by atoms with Crippen molar-refractivity contribution < 1.29 is 27.4 Å². The largest absolute Gasteiger partial charge is 0.573 e. The van der Waals surface area contributed by atoms with Crippen LogP contribution in [-0.4, -0.2) is 37.2 Å². The summed E-state index contributed by atoms with van der Waals surface area (Å²) < 4.78 is 46.0. The van der Waals surface area contributed by atoms with Crippen molar-refractivity contribution in [2.45, 2.75) is 19.7 Å². The second kappa shape index (κ2) is 7.11. The van der Waals surface area contributed by atoms with Crippen molar-refractivity contribution in [3.8, 4) is 5.75 Å². The van der Waals surface area contributed by atoms with Crippen LogP contribution in [0.15, 0.2) is 41.9 Å². The summed E-state index contributed by atoms with van der Waals surface area (Å²) in [5, 5.41) is 11.2. The molecule has 0 saturated carbocycles. The first kappa shape index (κ1) is 19.4. The van der Waals surface area contributed by atoms with Crippen LogP contribution in [-0.2, 0) is 11.2 Å². The van der Waals surface area contributed by atoms with Gasteiger partial charge in [-0.3, -0.25) is 5.41 Å². The Morgan fingerprint density at radius 2 is 2.04 bits per heavy atom. The number of carbonyl (C=O) groups excluding carboxylic acids is 1. The number of halogens is 3. The molecule has 2 N–H and O–H groups in total. The number of methoxy groups -OCH3 is 1. The molecule has 6 nitrogen and oxygen atoms in total. The number of ether oxygens (including phenoxy) is 2. The molecule has 26 heavy (non-hydrogen) atoms. The third kappa shape index (κ3) is 4.16. The van der Waals surface area contributed by atoms with Gasteiger partial charge in [-0.05, 0) is 24.6 Å². The molecule has 0 aromatic heterocycles. The van der Waals surface area contributed by atoms with Crippen molar-refractivity contribution in [1.82, 2.24) is 10.2 Å². The van der Waals surface area contributed by atoms with Crippen LogP contribution in [0.25, 0.3) is 0 Å². The second-order valence-corrected chi connectivity index (χ2v) is 5.63. The number of likely N-dealkylation sites (N-methyl/N-ethyl adjacent to an activating group) is 1. The van der Waals surface area contributed by atoms with Crippen LogP contribution in [0.1, 0.15) is 22.8 Å². The Hall–Kier alpha value is -2.97. The van der Waals surface area contributed by atoms with Crippen LogP contribution in [0.5, 0.6) is 5.75 Å². The number of alkyl halides is 3. The summed E-state index contributed by atoms with van der Waals surface area (Å²) in [5.41, 5.74) is 1.52. The zero-order chi connectivity index (χ0) is 19.6. The van der Waals surface area contributed by atoms with Crippen LogP contribution in [0.4, 0.5) is 13.2 Å². The summed E-state index contributed by atoms with van der Waals surface area (Å²) in [7, 11) is 2.74. The van der Waals surface area contributed by atoms with E-state index in [1.54, 1.807) is 18.9 Å². The molecular weight excluding hydrogens is 351 g/mol. The van der Waals surface area contributed by atoms with Crippen molar-refractivity contribution in [1.29, 1.82) is 5.41 Å². The Morgan fingerprint density at radius 3 is 2.62 bits per heavy atom. The van der Waals surface area contributed by atoms with Gasteiger partial charge in [-0.15, -0.1) is 13.2 Å². The second-order valence-electron chi connectivity index (χ2n) is 5.63. The first-order valence-electron chi connectivity index (χ1n) is 7.48. The smallest absolute Gasteiger partial charge is 0.465 e. The number of benzene rings is 1. The average Bonchev–Trinajstić information content (AvgIpc) is 2.56. The van der Waals surface area contributed by atoms with E-state index in [1.807, 2.05) is 0 Å². The average molecular weight is 369 g/mol. The summed E-state index contributed by atoms with van der Waals surface area (Å²) >= 11 is 0. The van der Waals surface area contributed by atoms with E-state index in [4.69, 9.17) is 5.41 Å². The molecule has 0 bridgehead atoms. The number of nitrogens with one attached hydrogen (secondary N) is 2. The zero-order valence-electron chi connectivity index (χ0n) is 14.5. The first-order valence-corrected chi connectivity index (χ1v) is 7.48. The molecule has 0 unspecified atom stereocenters. The number of allylic oxidation sites excluding steroid dienone is 1. The highest BCUT2D eigenvalue weighted by Crippen LogP contribution is 2.29. The fourth-order valence-electron chi connectivity index (χ4n) is 2.48. The Balaban J connectivity index is 2.39. The molecule has 0 atom stereocenters. The van der Waals surface area contributed by atoms with E-state index in [0.717, 1.165) is 13.2 Å². The lowest BCUT2D eigenvalue weighted by atomic mass is 9.98. The molecule has 140 valence electrons. The van der Waals surface area contributed by atoms with E-state index in [2.05, 4.69) is 21.4 Å². The lowest BCUT2D eigenvalue weighted by Gasteiger charge is -2.31. The summed E-state index contributed by atoms with van der Waals surface area (Å²) in [5.74, 6) is -0.831. The van der Waals surface area contributed by atoms with Gasteiger partial charge in [0.05, 0.1) is 7.11 Å². The van der Waals surface area contributed by atoms with Gasteiger partial charge in [0.1, 0.15) is 23.0 Å². The van der Waals surface area contributed by atoms with Crippen LogP contribution in [0.2, 0.25) is 0 Å². The highest BCUT2D eigenvalue weighted by molar-refractivity contribution is 5.99. The quantitative estimate of drug-likeness (QED) is 0.798. The van der Waals surface area contributed by atoms with Crippen LogP contribution in [0.3, 0.4) is 0 Å². The number of rotatable bonds is 4. The molecule has 0 radical (unpaired) electrons. The summed E-state index contributed by atoms with van der Waals surface area (Å²) in [4.78, 5) is 13.4. The fraction of sp³-hybridized carbons (Fsp3) is 0.294. The van der Waals surface area contributed by atoms with E-state index in [9.17, 15) is 18.0 Å². The summed E-state index contributed by atoms with van der Waals surface area (Å²) in [6.07, 6.45) is -4.70. The normalized spacial score (nSPS) is 15.1. The predicted molar refractivity (Wildman–Crippen MR) is 88.6 cm³/mol. The summed E-state index contributed by atoms with van der Waals surface area (Å²) in [6, 6.07) is 3.74. The Kier molecular flexibility index (Phi) is 5.29. The molecule has 9 heteroatoms. The molecule has 0 spiro atoms. The monoisotopic (exact) mass is 369 g/mol. The van der Waals surface area contributed by atoms with Gasteiger partial charge in [-0.25, -0.2) is 4.79 Å². The highest BCUT2D eigenvalue weighted by Gasteiger charge is 2.33. The molecule has 1 aromatic carbocycles. The number of hydrogen-bond donors (Lipinski definition) is 2. The first-order chi connectivity index (χ1) is 12.0. The van der Waals surface area contributed by atoms with E-state index in [0.29, 0.717) is 22.7 Å². The number of esters is 1. The van der Waals surface area contributed by atoms with E-state index in [-0.39, 0.29) is 17.8 Å². The van der Waals surface area contributed by atoms with Gasteiger partial charge in [0.2, 0.25) is 0 Å². The lowest BCUT2D eigenvalue weighted by molar-refractivity contribution is -0.274. The predicted octanol–water partition coefficient (Wildman–Crippen LogP) is 3.17. The van der Waals surface area contributed by atoms with Crippen LogP contribution < -0.4 is 10.1 Å². The molecule has 1 aromatic rings. The van der Waals surface area contributed by atoms with Crippen molar-refractivity contribution in [3.05, 3.63) is 53.0 Å². The SMILES string of the molecule is C=C1NC(C)=C(Cc2ccc(OC(F)(F)F)c(C(=O)OC)c2)C(=N)N1C. The third-order valence-corrected chi connectivity index (χ3v) is 3.87. The molecule has 0 aliphatic carbocycles. The molecule has 0 saturated heterocycles. The van der Waals surface area contributed by atoms with E-state index >= 15 is 0 Å². The maximum Gasteiger partial charge on any atom is 0.573 e. The summed E-state index contributed by atoms with van der Waals surface area (Å²) in [6.45, 7) is 5.56. The minimum atomic E-state index is -4.93. The van der Waals surface area contributed by atoms with Crippen molar-refractivity contribution in [2.24, 2.45) is 0 Å². The van der Waals surface area contributed by atoms with Gasteiger partial charge < -0.3 is 19.7 Å². The number of amidine groups is 1. The Bertz CT molecular complexity index is 800.